The van der Waals surface area contributed by atoms with Crippen LogP contribution < -0.4 is 8.92 Å². The minimum absolute atomic E-state index is 0.728. The molecule has 0 nitrogen and oxygen atoms in total. The maximum atomic E-state index is 2.35. The summed E-state index contributed by atoms with van der Waals surface area (Å²) < 4.78 is 3.47. The molecule has 0 saturated heterocycles. The molecule has 3 heteroatoms. The van der Waals surface area contributed by atoms with Gasteiger partial charge in [-0.2, -0.15) is 0 Å². The third-order valence-electron chi connectivity index (χ3n) is 2.27. The Labute approximate surface area is 94.7 Å². The van der Waals surface area contributed by atoms with E-state index in [1.54, 1.807) is 20.1 Å². The molecule has 1 heterocycles. The Bertz CT molecular complexity index is 292. The second-order valence-electron chi connectivity index (χ2n) is 2.98. The van der Waals surface area contributed by atoms with Crippen LogP contribution in [-0.2, 0) is 12.8 Å². The first kappa shape index (κ1) is 10.1. The Balaban J connectivity index is 2.52. The van der Waals surface area contributed by atoms with Gasteiger partial charge < -0.3 is 0 Å². The quantitative estimate of drug-likeness (QED) is 0.734. The van der Waals surface area contributed by atoms with E-state index >= 15 is 0 Å². The van der Waals surface area contributed by atoms with Gasteiger partial charge in [-0.05, 0) is 0 Å². The zero-order valence-corrected chi connectivity index (χ0v) is 12.0. The van der Waals surface area contributed by atoms with E-state index in [0.717, 1.165) is 27.7 Å². The molecule has 1 aromatic carbocycles. The van der Waals surface area contributed by atoms with Crippen molar-refractivity contribution in [3.63, 3.8) is 0 Å². The number of aryl methyl sites for hydroxylation is 2. The van der Waals surface area contributed by atoms with Gasteiger partial charge in [-0.25, -0.2) is 0 Å². The fraction of sp³-hybridized carbons (Fsp3) is 0.400. The molecule has 0 spiro atoms. The first-order chi connectivity index (χ1) is 6.36. The molecule has 1 aromatic rings. The van der Waals surface area contributed by atoms with Gasteiger partial charge in [0.25, 0.3) is 0 Å². The van der Waals surface area contributed by atoms with Crippen LogP contribution in [0.25, 0.3) is 0 Å². The van der Waals surface area contributed by atoms with Crippen LogP contribution in [0, 0.1) is 0 Å². The molecule has 0 radical (unpaired) electrons. The van der Waals surface area contributed by atoms with Crippen LogP contribution in [0.3, 0.4) is 0 Å². The molecular formula is C10H12SSe2. The van der Waals surface area contributed by atoms with Crippen molar-refractivity contribution in [3.8, 4) is 0 Å². The fourth-order valence-corrected chi connectivity index (χ4v) is 14.6. The van der Waals surface area contributed by atoms with Gasteiger partial charge >= 0.3 is 95.1 Å². The second-order valence-corrected chi connectivity index (χ2v) is 12.6. The van der Waals surface area contributed by atoms with Crippen LogP contribution in [0.1, 0.15) is 25.0 Å². The predicted octanol–water partition coefficient (Wildman–Crippen LogP) is 1.05. The van der Waals surface area contributed by atoms with Crippen molar-refractivity contribution in [2.45, 2.75) is 26.7 Å². The third-order valence-corrected chi connectivity index (χ3v) is 12.8. The molecule has 13 heavy (non-hydrogen) atoms. The maximum absolute atomic E-state index is 2.35. The summed E-state index contributed by atoms with van der Waals surface area (Å²) in [4.78, 5) is 0. The summed E-state index contributed by atoms with van der Waals surface area (Å²) in [6.07, 6.45) is 2.43. The van der Waals surface area contributed by atoms with E-state index in [1.165, 1.54) is 12.8 Å². The molecule has 0 fully saturated rings. The van der Waals surface area contributed by atoms with Crippen LogP contribution in [0.5, 0.6) is 0 Å². The number of rotatable bonds is 2. The van der Waals surface area contributed by atoms with Crippen molar-refractivity contribution in [1.82, 2.24) is 0 Å². The Morgan fingerprint density at radius 3 is 1.85 bits per heavy atom. The number of benzene rings is 1. The Kier molecular flexibility index (Phi) is 3.45. The van der Waals surface area contributed by atoms with Crippen LogP contribution in [-0.4, -0.2) is 27.7 Å². The topological polar surface area (TPSA) is 0 Å². The van der Waals surface area contributed by atoms with Crippen LogP contribution in [0.15, 0.2) is 12.1 Å². The van der Waals surface area contributed by atoms with Crippen LogP contribution in [0.4, 0.5) is 0 Å². The first-order valence-corrected chi connectivity index (χ1v) is 11.1. The van der Waals surface area contributed by atoms with Crippen LogP contribution >= 0.6 is 8.60 Å². The molecule has 0 amide bonds. The summed E-state index contributed by atoms with van der Waals surface area (Å²) in [6, 6.07) is 4.70. The molecule has 0 bridgehead atoms. The van der Waals surface area contributed by atoms with Crippen molar-refractivity contribution in [1.29, 1.82) is 0 Å². The van der Waals surface area contributed by atoms with Gasteiger partial charge in [0, 0.05) is 0 Å². The summed E-state index contributed by atoms with van der Waals surface area (Å²) in [5, 5.41) is 0. The van der Waals surface area contributed by atoms with E-state index in [-0.39, 0.29) is 0 Å². The minimum atomic E-state index is 0.728. The average molecular weight is 322 g/mol. The Morgan fingerprint density at radius 1 is 1.00 bits per heavy atom. The molecule has 2 rings (SSSR count). The normalized spacial score (nSPS) is 14.6. The molecular weight excluding hydrogens is 310 g/mol. The van der Waals surface area contributed by atoms with Gasteiger partial charge in [0.05, 0.1) is 0 Å². The second kappa shape index (κ2) is 4.42. The number of hydrogen-bond donors (Lipinski definition) is 0. The summed E-state index contributed by atoms with van der Waals surface area (Å²) in [5.41, 5.74) is 3.22. The van der Waals surface area contributed by atoms with E-state index in [2.05, 4.69) is 34.6 Å². The van der Waals surface area contributed by atoms with Gasteiger partial charge in [-0.1, -0.05) is 0 Å². The summed E-state index contributed by atoms with van der Waals surface area (Å²) in [6.45, 7) is 4.54. The number of fused-ring (bicyclic) bond motifs is 1. The van der Waals surface area contributed by atoms with E-state index in [0.29, 0.717) is 0 Å². The zero-order chi connectivity index (χ0) is 9.26. The summed E-state index contributed by atoms with van der Waals surface area (Å²) in [7, 11) is 2.19. The fourth-order valence-electron chi connectivity index (χ4n) is 1.47. The monoisotopic (exact) mass is 324 g/mol. The summed E-state index contributed by atoms with van der Waals surface area (Å²) in [5.74, 6) is 0. The zero-order valence-electron chi connectivity index (χ0n) is 7.79. The van der Waals surface area contributed by atoms with E-state index in [4.69, 9.17) is 0 Å². The van der Waals surface area contributed by atoms with Gasteiger partial charge in [0.2, 0.25) is 0 Å². The standard InChI is InChI=1S/C10H12SSe2/c1-3-7-5-6-8(4-2)10-9(7)12-11-13-10/h5-6H,3-4H2,1-2H3. The molecule has 0 aliphatic carbocycles. The number of hydrogen-bond acceptors (Lipinski definition) is 1. The molecule has 0 aromatic heterocycles. The molecule has 0 N–H and O–H groups in total. The average Bonchev–Trinajstić information content (AvgIpc) is 2.64. The van der Waals surface area contributed by atoms with Crippen molar-refractivity contribution in [2.75, 3.05) is 0 Å². The molecule has 0 atom stereocenters. The van der Waals surface area contributed by atoms with Gasteiger partial charge in [0.1, 0.15) is 0 Å². The first-order valence-electron chi connectivity index (χ1n) is 4.52. The van der Waals surface area contributed by atoms with Crippen molar-refractivity contribution in [3.05, 3.63) is 23.3 Å². The van der Waals surface area contributed by atoms with Crippen LogP contribution in [0.2, 0.25) is 0 Å². The van der Waals surface area contributed by atoms with Crippen molar-refractivity contribution >= 4 is 45.2 Å². The van der Waals surface area contributed by atoms with E-state index in [1.807, 2.05) is 0 Å². The third kappa shape index (κ3) is 1.86. The van der Waals surface area contributed by atoms with E-state index in [9.17, 15) is 0 Å². The molecule has 1 aliphatic rings. The van der Waals surface area contributed by atoms with Gasteiger partial charge in [-0.3, -0.25) is 0 Å². The van der Waals surface area contributed by atoms with E-state index < -0.39 is 0 Å². The van der Waals surface area contributed by atoms with Gasteiger partial charge in [-0.15, -0.1) is 0 Å². The summed E-state index contributed by atoms with van der Waals surface area (Å²) >= 11 is 1.46. The van der Waals surface area contributed by atoms with Crippen molar-refractivity contribution in [2.24, 2.45) is 0 Å². The molecule has 0 unspecified atom stereocenters. The predicted molar refractivity (Wildman–Crippen MR) is 63.6 cm³/mol. The molecule has 70 valence electrons. The Hall–Kier alpha value is 0.609. The molecule has 1 aliphatic heterocycles. The SMILES string of the molecule is CCc1ccc(CC)c2c1[Se]S[Se]2. The van der Waals surface area contributed by atoms with Crippen molar-refractivity contribution < 1.29 is 0 Å². The Morgan fingerprint density at radius 2 is 1.46 bits per heavy atom. The molecule has 0 saturated carbocycles. The van der Waals surface area contributed by atoms with Gasteiger partial charge in [0.15, 0.2) is 0 Å².